The minimum absolute atomic E-state index is 0.00285. The number of hydrogen-bond donors (Lipinski definition) is 1. The van der Waals surface area contributed by atoms with Crippen molar-refractivity contribution >= 4 is 17.5 Å². The van der Waals surface area contributed by atoms with E-state index in [1.54, 1.807) is 7.05 Å². The molecule has 1 aliphatic rings. The summed E-state index contributed by atoms with van der Waals surface area (Å²) in [5.74, 6) is -1.33. The lowest BCUT2D eigenvalue weighted by atomic mass is 9.68. The number of ketones is 2. The number of nitrogens with one attached hydrogen (secondary N) is 1. The van der Waals surface area contributed by atoms with E-state index in [4.69, 9.17) is 0 Å². The van der Waals surface area contributed by atoms with Crippen LogP contribution < -0.4 is 5.32 Å². The second-order valence-corrected chi connectivity index (χ2v) is 8.48. The molecule has 1 amide bonds. The van der Waals surface area contributed by atoms with E-state index >= 15 is 0 Å². The number of amides is 1. The predicted octanol–water partition coefficient (Wildman–Crippen LogP) is 3.83. The first kappa shape index (κ1) is 22.6. The molecule has 5 heteroatoms. The third-order valence-electron chi connectivity index (χ3n) is 6.40. The molecule has 1 fully saturated rings. The Kier molecular flexibility index (Phi) is 7.10. The van der Waals surface area contributed by atoms with Gasteiger partial charge >= 0.3 is 0 Å². The Morgan fingerprint density at radius 3 is 1.58 bits per heavy atom. The Bertz CT molecular complexity index is 1040. The second kappa shape index (κ2) is 10.4. The molecule has 168 valence electrons. The molecule has 4 rings (SSSR count). The number of piperidine rings is 1. The Morgan fingerprint density at radius 2 is 1.15 bits per heavy atom. The molecule has 2 unspecified atom stereocenters. The summed E-state index contributed by atoms with van der Waals surface area (Å²) in [5, 5.41) is 2.66. The van der Waals surface area contributed by atoms with E-state index < -0.39 is 11.8 Å². The van der Waals surface area contributed by atoms with Crippen molar-refractivity contribution in [3.8, 4) is 0 Å². The van der Waals surface area contributed by atoms with Crippen molar-refractivity contribution in [2.75, 3.05) is 26.7 Å². The molecule has 2 atom stereocenters. The molecule has 0 aromatic heterocycles. The van der Waals surface area contributed by atoms with Gasteiger partial charge in [0, 0.05) is 49.0 Å². The number of likely N-dealkylation sites (tertiary alicyclic amines) is 1. The summed E-state index contributed by atoms with van der Waals surface area (Å²) in [6.45, 7) is 0.980. The molecule has 1 saturated heterocycles. The maximum Gasteiger partial charge on any atom is 0.233 e. The minimum Gasteiger partial charge on any atom is -0.358 e. The van der Waals surface area contributed by atoms with Crippen LogP contribution in [0.2, 0.25) is 0 Å². The third kappa shape index (κ3) is 5.10. The zero-order valence-electron chi connectivity index (χ0n) is 18.7. The average molecular weight is 441 g/mol. The van der Waals surface area contributed by atoms with Crippen LogP contribution in [0.25, 0.3) is 0 Å². The zero-order chi connectivity index (χ0) is 23.2. The van der Waals surface area contributed by atoms with Crippen LogP contribution in [-0.2, 0) is 4.79 Å². The highest BCUT2D eigenvalue weighted by molar-refractivity contribution is 6.02. The first-order valence-electron chi connectivity index (χ1n) is 11.2. The number of carbonyl (C=O) groups is 3. The van der Waals surface area contributed by atoms with Gasteiger partial charge in [-0.05, 0) is 5.56 Å². The average Bonchev–Trinajstić information content (AvgIpc) is 2.88. The smallest absolute Gasteiger partial charge is 0.233 e. The summed E-state index contributed by atoms with van der Waals surface area (Å²) in [7, 11) is 1.60. The Hall–Kier alpha value is -3.57. The standard InChI is InChI=1S/C28H28N2O3/c1-29-25(31)19-30-17-23(27(32)21-13-7-3-8-14-21)26(20-11-5-2-6-12-20)24(18-30)28(33)22-15-9-4-10-16-22/h2-16,23-24,26H,17-19H2,1H3,(H,29,31). The number of rotatable bonds is 7. The summed E-state index contributed by atoms with van der Waals surface area (Å²) >= 11 is 0. The molecular weight excluding hydrogens is 412 g/mol. The molecule has 3 aromatic rings. The highest BCUT2D eigenvalue weighted by Crippen LogP contribution is 2.40. The van der Waals surface area contributed by atoms with E-state index in [-0.39, 0.29) is 29.9 Å². The van der Waals surface area contributed by atoms with Crippen molar-refractivity contribution in [3.05, 3.63) is 108 Å². The highest BCUT2D eigenvalue weighted by Gasteiger charge is 2.45. The fourth-order valence-corrected chi connectivity index (χ4v) is 4.81. The summed E-state index contributed by atoms with van der Waals surface area (Å²) in [6.07, 6.45) is 0. The molecule has 0 spiro atoms. The molecule has 0 aliphatic carbocycles. The van der Waals surface area contributed by atoms with Crippen LogP contribution in [0.15, 0.2) is 91.0 Å². The van der Waals surface area contributed by atoms with Gasteiger partial charge in [-0.3, -0.25) is 19.3 Å². The van der Waals surface area contributed by atoms with Crippen LogP contribution in [0.1, 0.15) is 32.2 Å². The predicted molar refractivity (Wildman–Crippen MR) is 128 cm³/mol. The number of Topliss-reactive ketones (excluding diaryl/α,β-unsaturated/α-hetero) is 2. The number of likely N-dealkylation sites (N-methyl/N-ethyl adjacent to an activating group) is 1. The first-order valence-corrected chi connectivity index (χ1v) is 11.2. The lowest BCUT2D eigenvalue weighted by Gasteiger charge is -2.42. The van der Waals surface area contributed by atoms with Crippen LogP contribution in [0.3, 0.4) is 0 Å². The van der Waals surface area contributed by atoms with Gasteiger partial charge in [0.25, 0.3) is 0 Å². The number of hydrogen-bond acceptors (Lipinski definition) is 4. The molecule has 1 heterocycles. The first-order chi connectivity index (χ1) is 16.1. The lowest BCUT2D eigenvalue weighted by Crippen LogP contribution is -2.52. The van der Waals surface area contributed by atoms with Crippen LogP contribution in [0.5, 0.6) is 0 Å². The van der Waals surface area contributed by atoms with Crippen LogP contribution >= 0.6 is 0 Å². The maximum atomic E-state index is 13.8. The van der Waals surface area contributed by atoms with Gasteiger partial charge in [0.05, 0.1) is 6.54 Å². The van der Waals surface area contributed by atoms with Gasteiger partial charge in [-0.15, -0.1) is 0 Å². The molecule has 0 bridgehead atoms. The fourth-order valence-electron chi connectivity index (χ4n) is 4.81. The Balaban J connectivity index is 1.79. The molecule has 3 aromatic carbocycles. The monoisotopic (exact) mass is 440 g/mol. The van der Waals surface area contributed by atoms with Gasteiger partial charge in [-0.25, -0.2) is 0 Å². The van der Waals surface area contributed by atoms with Crippen LogP contribution in [0.4, 0.5) is 0 Å². The highest BCUT2D eigenvalue weighted by atomic mass is 16.2. The summed E-state index contributed by atoms with van der Waals surface area (Å²) < 4.78 is 0. The van der Waals surface area contributed by atoms with Gasteiger partial charge in [0.15, 0.2) is 11.6 Å². The van der Waals surface area contributed by atoms with E-state index in [1.807, 2.05) is 95.9 Å². The molecule has 33 heavy (non-hydrogen) atoms. The van der Waals surface area contributed by atoms with Crippen molar-refractivity contribution in [2.24, 2.45) is 11.8 Å². The molecular formula is C28H28N2O3. The van der Waals surface area contributed by atoms with E-state index in [9.17, 15) is 14.4 Å². The zero-order valence-corrected chi connectivity index (χ0v) is 18.7. The van der Waals surface area contributed by atoms with Crippen molar-refractivity contribution in [1.82, 2.24) is 10.2 Å². The summed E-state index contributed by atoms with van der Waals surface area (Å²) in [5.41, 5.74) is 2.22. The summed E-state index contributed by atoms with van der Waals surface area (Å²) in [4.78, 5) is 41.6. The summed E-state index contributed by atoms with van der Waals surface area (Å²) in [6, 6.07) is 28.2. The largest absolute Gasteiger partial charge is 0.358 e. The SMILES string of the molecule is CNC(=O)CN1CC(C(=O)c2ccccc2)C(c2ccccc2)C(C(=O)c2ccccc2)C1. The van der Waals surface area contributed by atoms with E-state index in [0.717, 1.165) is 5.56 Å². The van der Waals surface area contributed by atoms with Gasteiger partial charge in [0.2, 0.25) is 5.91 Å². The molecule has 0 radical (unpaired) electrons. The normalized spacial score (nSPS) is 20.7. The minimum atomic E-state index is -0.453. The molecule has 5 nitrogen and oxygen atoms in total. The molecule has 1 N–H and O–H groups in total. The van der Waals surface area contributed by atoms with Gasteiger partial charge in [-0.2, -0.15) is 0 Å². The van der Waals surface area contributed by atoms with Crippen molar-refractivity contribution in [1.29, 1.82) is 0 Å². The third-order valence-corrected chi connectivity index (χ3v) is 6.40. The maximum absolute atomic E-state index is 13.8. The number of carbonyl (C=O) groups excluding carboxylic acids is 3. The topological polar surface area (TPSA) is 66.5 Å². The van der Waals surface area contributed by atoms with Crippen molar-refractivity contribution in [3.63, 3.8) is 0 Å². The number of nitrogens with zero attached hydrogens (tertiary/aromatic N) is 1. The Labute approximate surface area is 194 Å². The number of benzene rings is 3. The fraction of sp³-hybridized carbons (Fsp3) is 0.250. The van der Waals surface area contributed by atoms with E-state index in [1.165, 1.54) is 0 Å². The lowest BCUT2D eigenvalue weighted by molar-refractivity contribution is -0.122. The van der Waals surface area contributed by atoms with Gasteiger partial charge in [-0.1, -0.05) is 91.0 Å². The van der Waals surface area contributed by atoms with Crippen LogP contribution in [-0.4, -0.2) is 49.1 Å². The molecule has 0 saturated carbocycles. The van der Waals surface area contributed by atoms with E-state index in [0.29, 0.717) is 24.2 Å². The Morgan fingerprint density at radius 1 is 0.727 bits per heavy atom. The quantitative estimate of drug-likeness (QED) is 0.567. The molecule has 1 aliphatic heterocycles. The van der Waals surface area contributed by atoms with Gasteiger partial charge in [0.1, 0.15) is 0 Å². The second-order valence-electron chi connectivity index (χ2n) is 8.48. The van der Waals surface area contributed by atoms with Crippen molar-refractivity contribution < 1.29 is 14.4 Å². The van der Waals surface area contributed by atoms with Gasteiger partial charge < -0.3 is 5.32 Å². The van der Waals surface area contributed by atoms with Crippen molar-refractivity contribution in [2.45, 2.75) is 5.92 Å². The van der Waals surface area contributed by atoms with E-state index in [2.05, 4.69) is 5.32 Å². The van der Waals surface area contributed by atoms with Crippen LogP contribution in [0, 0.1) is 11.8 Å².